The lowest BCUT2D eigenvalue weighted by Crippen LogP contribution is -2.56. The summed E-state index contributed by atoms with van der Waals surface area (Å²) < 4.78 is 30.5. The maximum atomic E-state index is 6.39. The number of rotatable bonds is 10. The van der Waals surface area contributed by atoms with Crippen LogP contribution in [0.15, 0.2) is 91.0 Å². The Morgan fingerprint density at radius 3 is 1.53 bits per heavy atom. The molecule has 5 nitrogen and oxygen atoms in total. The van der Waals surface area contributed by atoms with Crippen molar-refractivity contribution < 1.29 is 23.7 Å². The van der Waals surface area contributed by atoms with E-state index in [1.807, 2.05) is 91.0 Å². The molecular formula is C27H30O5. The van der Waals surface area contributed by atoms with E-state index >= 15 is 0 Å². The van der Waals surface area contributed by atoms with E-state index in [1.54, 1.807) is 7.11 Å². The summed E-state index contributed by atoms with van der Waals surface area (Å²) in [5, 5.41) is 0. The van der Waals surface area contributed by atoms with E-state index in [0.29, 0.717) is 26.4 Å². The number of methoxy groups -OCH3 is 1. The van der Waals surface area contributed by atoms with Gasteiger partial charge in [-0.3, -0.25) is 0 Å². The fraction of sp³-hybridized carbons (Fsp3) is 0.333. The zero-order valence-corrected chi connectivity index (χ0v) is 18.3. The zero-order chi connectivity index (χ0) is 22.0. The number of hydrogen-bond donors (Lipinski definition) is 0. The SMILES string of the molecule is COC1OCC(OCc2ccccc2)C(OCc2ccccc2)C1OCc1ccccc1. The third-order valence-corrected chi connectivity index (χ3v) is 5.49. The summed E-state index contributed by atoms with van der Waals surface area (Å²) in [6.07, 6.45) is -1.60. The van der Waals surface area contributed by atoms with Gasteiger partial charge in [0.15, 0.2) is 6.29 Å². The Kier molecular flexibility index (Phi) is 8.42. The molecule has 1 saturated heterocycles. The van der Waals surface area contributed by atoms with Gasteiger partial charge in [0, 0.05) is 7.11 Å². The summed E-state index contributed by atoms with van der Waals surface area (Å²) in [6, 6.07) is 30.3. The van der Waals surface area contributed by atoms with Crippen molar-refractivity contribution in [2.45, 2.75) is 44.4 Å². The molecule has 1 aliphatic rings. The van der Waals surface area contributed by atoms with Crippen molar-refractivity contribution in [1.29, 1.82) is 0 Å². The standard InChI is InChI=1S/C27H30O5/c1-28-27-26(31-19-23-15-9-4-10-16-23)25(30-18-22-13-7-3-8-14-22)24(20-32-27)29-17-21-11-5-2-6-12-21/h2-16,24-27H,17-20H2,1H3. The zero-order valence-electron chi connectivity index (χ0n) is 18.3. The highest BCUT2D eigenvalue weighted by atomic mass is 16.7. The highest BCUT2D eigenvalue weighted by Gasteiger charge is 2.43. The van der Waals surface area contributed by atoms with Gasteiger partial charge in [0.05, 0.1) is 26.4 Å². The Morgan fingerprint density at radius 1 is 0.625 bits per heavy atom. The van der Waals surface area contributed by atoms with Gasteiger partial charge >= 0.3 is 0 Å². The molecule has 168 valence electrons. The summed E-state index contributed by atoms with van der Waals surface area (Å²) >= 11 is 0. The normalized spacial score (nSPS) is 23.2. The molecule has 3 aromatic carbocycles. The van der Waals surface area contributed by atoms with Crippen LogP contribution in [-0.4, -0.2) is 38.3 Å². The van der Waals surface area contributed by atoms with Gasteiger partial charge in [-0.05, 0) is 16.7 Å². The molecule has 4 unspecified atom stereocenters. The minimum atomic E-state index is -0.531. The van der Waals surface area contributed by atoms with Gasteiger partial charge in [0.2, 0.25) is 0 Å². The van der Waals surface area contributed by atoms with Gasteiger partial charge in [0.25, 0.3) is 0 Å². The van der Waals surface area contributed by atoms with Gasteiger partial charge in [-0.2, -0.15) is 0 Å². The van der Waals surface area contributed by atoms with Crippen LogP contribution in [0.4, 0.5) is 0 Å². The van der Waals surface area contributed by atoms with Crippen molar-refractivity contribution in [2.24, 2.45) is 0 Å². The van der Waals surface area contributed by atoms with E-state index in [2.05, 4.69) is 0 Å². The number of benzene rings is 3. The van der Waals surface area contributed by atoms with Crippen molar-refractivity contribution in [1.82, 2.24) is 0 Å². The van der Waals surface area contributed by atoms with Crippen LogP contribution in [0.5, 0.6) is 0 Å². The van der Waals surface area contributed by atoms with E-state index < -0.39 is 12.4 Å². The van der Waals surface area contributed by atoms with Crippen LogP contribution < -0.4 is 0 Å². The minimum absolute atomic E-state index is 0.286. The van der Waals surface area contributed by atoms with Crippen molar-refractivity contribution in [2.75, 3.05) is 13.7 Å². The van der Waals surface area contributed by atoms with E-state index in [1.165, 1.54) is 0 Å². The average molecular weight is 435 g/mol. The molecule has 0 aliphatic carbocycles. The minimum Gasteiger partial charge on any atom is -0.368 e. The lowest BCUT2D eigenvalue weighted by molar-refractivity contribution is -0.293. The predicted molar refractivity (Wildman–Crippen MR) is 122 cm³/mol. The maximum absolute atomic E-state index is 6.39. The second kappa shape index (κ2) is 11.9. The van der Waals surface area contributed by atoms with Crippen molar-refractivity contribution in [3.05, 3.63) is 108 Å². The summed E-state index contributed by atoms with van der Waals surface area (Å²) in [5.74, 6) is 0. The van der Waals surface area contributed by atoms with Gasteiger partial charge in [-0.25, -0.2) is 0 Å². The van der Waals surface area contributed by atoms with E-state index in [0.717, 1.165) is 16.7 Å². The van der Waals surface area contributed by atoms with Gasteiger partial charge in [0.1, 0.15) is 18.3 Å². The van der Waals surface area contributed by atoms with Gasteiger partial charge < -0.3 is 23.7 Å². The molecule has 32 heavy (non-hydrogen) atoms. The highest BCUT2D eigenvalue weighted by Crippen LogP contribution is 2.27. The van der Waals surface area contributed by atoms with Crippen LogP contribution in [0.1, 0.15) is 16.7 Å². The largest absolute Gasteiger partial charge is 0.368 e. The van der Waals surface area contributed by atoms with Crippen LogP contribution in [0.3, 0.4) is 0 Å². The molecule has 0 saturated carbocycles. The smallest absolute Gasteiger partial charge is 0.186 e. The molecule has 0 radical (unpaired) electrons. The second-order valence-electron chi connectivity index (χ2n) is 7.79. The Bertz CT molecular complexity index is 903. The third-order valence-electron chi connectivity index (χ3n) is 5.49. The first-order valence-corrected chi connectivity index (χ1v) is 10.9. The van der Waals surface area contributed by atoms with Crippen LogP contribution in [0, 0.1) is 0 Å². The molecule has 0 bridgehead atoms. The molecule has 0 aromatic heterocycles. The number of hydrogen-bond acceptors (Lipinski definition) is 5. The predicted octanol–water partition coefficient (Wildman–Crippen LogP) is 4.75. The van der Waals surface area contributed by atoms with Gasteiger partial charge in [-0.15, -0.1) is 0 Å². The second-order valence-corrected chi connectivity index (χ2v) is 7.79. The lowest BCUT2D eigenvalue weighted by Gasteiger charge is -2.41. The van der Waals surface area contributed by atoms with Crippen LogP contribution >= 0.6 is 0 Å². The maximum Gasteiger partial charge on any atom is 0.186 e. The monoisotopic (exact) mass is 434 g/mol. The van der Waals surface area contributed by atoms with E-state index in [-0.39, 0.29) is 12.2 Å². The first kappa shape index (κ1) is 22.6. The van der Waals surface area contributed by atoms with Crippen molar-refractivity contribution >= 4 is 0 Å². The first-order chi connectivity index (χ1) is 15.8. The molecule has 5 heteroatoms. The molecular weight excluding hydrogens is 404 g/mol. The summed E-state index contributed by atoms with van der Waals surface area (Å²) in [6.45, 7) is 1.74. The summed E-state index contributed by atoms with van der Waals surface area (Å²) in [7, 11) is 1.63. The fourth-order valence-corrected chi connectivity index (χ4v) is 3.78. The topological polar surface area (TPSA) is 46.2 Å². The quantitative estimate of drug-likeness (QED) is 0.461. The molecule has 0 amide bonds. The molecule has 1 fully saturated rings. The highest BCUT2D eigenvalue weighted by molar-refractivity contribution is 5.15. The number of ether oxygens (including phenoxy) is 5. The molecule has 1 aliphatic heterocycles. The molecule has 1 heterocycles. The molecule has 4 atom stereocenters. The average Bonchev–Trinajstić information content (AvgIpc) is 2.87. The lowest BCUT2D eigenvalue weighted by atomic mass is 10.0. The molecule has 3 aromatic rings. The Labute approximate surface area is 189 Å². The fourth-order valence-electron chi connectivity index (χ4n) is 3.78. The summed E-state index contributed by atoms with van der Waals surface area (Å²) in [4.78, 5) is 0. The Morgan fingerprint density at radius 2 is 1.06 bits per heavy atom. The van der Waals surface area contributed by atoms with E-state index in [9.17, 15) is 0 Å². The van der Waals surface area contributed by atoms with Crippen LogP contribution in [0.25, 0.3) is 0 Å². The van der Waals surface area contributed by atoms with Crippen LogP contribution in [-0.2, 0) is 43.5 Å². The van der Waals surface area contributed by atoms with Gasteiger partial charge in [-0.1, -0.05) is 91.0 Å². The van der Waals surface area contributed by atoms with Crippen LogP contribution in [0.2, 0.25) is 0 Å². The first-order valence-electron chi connectivity index (χ1n) is 10.9. The molecule has 0 spiro atoms. The Balaban J connectivity index is 1.49. The summed E-state index contributed by atoms with van der Waals surface area (Å²) in [5.41, 5.74) is 3.28. The molecule has 0 N–H and O–H groups in total. The molecule has 4 rings (SSSR count). The van der Waals surface area contributed by atoms with Crippen molar-refractivity contribution in [3.8, 4) is 0 Å². The van der Waals surface area contributed by atoms with Crippen molar-refractivity contribution in [3.63, 3.8) is 0 Å². The Hall–Kier alpha value is -2.54. The van der Waals surface area contributed by atoms with E-state index in [4.69, 9.17) is 23.7 Å². The third kappa shape index (κ3) is 6.25.